The molecule has 1 aromatic heterocycles. The van der Waals surface area contributed by atoms with Crippen molar-refractivity contribution in [2.75, 3.05) is 18.5 Å². The van der Waals surface area contributed by atoms with Gasteiger partial charge in [0.1, 0.15) is 0 Å². The van der Waals surface area contributed by atoms with Gasteiger partial charge in [-0.1, -0.05) is 30.7 Å². The van der Waals surface area contributed by atoms with Crippen LogP contribution in [-0.2, 0) is 17.7 Å². The molecule has 6 heteroatoms. The van der Waals surface area contributed by atoms with E-state index < -0.39 is 0 Å². The van der Waals surface area contributed by atoms with Crippen LogP contribution in [0.4, 0.5) is 5.69 Å². The number of nitrogens with one attached hydrogen (secondary N) is 2. The van der Waals surface area contributed by atoms with E-state index in [1.807, 2.05) is 12.1 Å². The molecule has 1 atom stereocenters. The van der Waals surface area contributed by atoms with E-state index in [9.17, 15) is 4.79 Å². The molecule has 2 N–H and O–H groups in total. The third kappa shape index (κ3) is 5.19. The molecule has 0 radical (unpaired) electrons. The molecule has 1 aliphatic heterocycles. The van der Waals surface area contributed by atoms with E-state index in [0.717, 1.165) is 48.0 Å². The third-order valence-electron chi connectivity index (χ3n) is 6.11. The highest BCUT2D eigenvalue weighted by Gasteiger charge is 2.22. The Kier molecular flexibility index (Phi) is 6.92. The highest BCUT2D eigenvalue weighted by Crippen LogP contribution is 2.20. The van der Waals surface area contributed by atoms with Crippen LogP contribution in [-0.4, -0.2) is 34.3 Å². The molecule has 0 aliphatic carbocycles. The number of rotatable bonds is 6. The first-order chi connectivity index (χ1) is 15.4. The molecule has 3 aromatic rings. The average Bonchev–Trinajstić information content (AvgIpc) is 3.28. The van der Waals surface area contributed by atoms with Crippen molar-refractivity contribution in [3.63, 3.8) is 0 Å². The minimum absolute atomic E-state index is 0.0756. The van der Waals surface area contributed by atoms with Gasteiger partial charge in [0.25, 0.3) is 5.56 Å². The number of aromatic amines is 1. The molecule has 1 fully saturated rings. The lowest BCUT2D eigenvalue weighted by Crippen LogP contribution is -2.40. The van der Waals surface area contributed by atoms with Gasteiger partial charge in [0, 0.05) is 29.9 Å². The van der Waals surface area contributed by atoms with Crippen LogP contribution in [0.5, 0.6) is 0 Å². The number of thiocarbonyl (C=S) groups is 1. The number of pyridine rings is 1. The minimum Gasteiger partial charge on any atom is -0.376 e. The molecule has 1 saturated heterocycles. The summed E-state index contributed by atoms with van der Waals surface area (Å²) in [4.78, 5) is 18.0. The second-order valence-electron chi connectivity index (χ2n) is 8.66. The van der Waals surface area contributed by atoms with E-state index in [4.69, 9.17) is 17.0 Å². The Morgan fingerprint density at radius 3 is 2.78 bits per heavy atom. The fourth-order valence-electron chi connectivity index (χ4n) is 4.25. The quantitative estimate of drug-likeness (QED) is 0.514. The number of anilines is 1. The first kappa shape index (κ1) is 22.5. The Balaban J connectivity index is 1.61. The van der Waals surface area contributed by atoms with E-state index in [1.165, 1.54) is 11.1 Å². The Hall–Kier alpha value is -2.70. The molecule has 4 rings (SSSR count). The van der Waals surface area contributed by atoms with Crippen LogP contribution in [0.1, 0.15) is 42.0 Å². The summed E-state index contributed by atoms with van der Waals surface area (Å²) < 4.78 is 5.88. The molecule has 32 heavy (non-hydrogen) atoms. The van der Waals surface area contributed by atoms with E-state index in [-0.39, 0.29) is 11.7 Å². The van der Waals surface area contributed by atoms with Gasteiger partial charge in [0.2, 0.25) is 0 Å². The summed E-state index contributed by atoms with van der Waals surface area (Å²) in [5.74, 6) is 0. The van der Waals surface area contributed by atoms with Crippen LogP contribution < -0.4 is 10.9 Å². The topological polar surface area (TPSA) is 57.4 Å². The zero-order valence-electron chi connectivity index (χ0n) is 19.0. The van der Waals surface area contributed by atoms with Gasteiger partial charge in [-0.25, -0.2) is 0 Å². The lowest BCUT2D eigenvalue weighted by atomic mass is 10.1. The van der Waals surface area contributed by atoms with Gasteiger partial charge in [0.15, 0.2) is 5.11 Å². The van der Waals surface area contributed by atoms with E-state index in [1.54, 1.807) is 0 Å². The molecule has 0 saturated carbocycles. The van der Waals surface area contributed by atoms with Crippen LogP contribution in [0.15, 0.2) is 47.3 Å². The minimum atomic E-state index is -0.0756. The second-order valence-corrected chi connectivity index (χ2v) is 9.05. The Bertz CT molecular complexity index is 1180. The smallest absolute Gasteiger partial charge is 0.253 e. The first-order valence-electron chi connectivity index (χ1n) is 11.3. The van der Waals surface area contributed by atoms with Crippen LogP contribution in [0, 0.1) is 13.8 Å². The van der Waals surface area contributed by atoms with Crippen molar-refractivity contribution in [2.45, 2.75) is 52.7 Å². The standard InChI is InChI=1S/C26H31N3O2S/c1-4-19-8-10-24-20(13-19)14-21(25(30)27-24)15-29(16-22-6-5-11-31-22)26(32)28-23-9-7-17(2)12-18(23)3/h7-10,12-14,22H,4-6,11,15-16H2,1-3H3,(H,27,30)(H,28,32)/t22-/m0/s1. The van der Waals surface area contributed by atoms with Gasteiger partial charge < -0.3 is 19.9 Å². The molecule has 1 aliphatic rings. The summed E-state index contributed by atoms with van der Waals surface area (Å²) in [7, 11) is 0. The number of fused-ring (bicyclic) bond motifs is 1. The highest BCUT2D eigenvalue weighted by molar-refractivity contribution is 7.80. The maximum absolute atomic E-state index is 12.9. The maximum atomic E-state index is 12.9. The molecule has 0 spiro atoms. The summed E-state index contributed by atoms with van der Waals surface area (Å²) in [5, 5.41) is 5.05. The first-order valence-corrected chi connectivity index (χ1v) is 11.7. The lowest BCUT2D eigenvalue weighted by Gasteiger charge is -2.28. The molecule has 2 aromatic carbocycles. The Labute approximate surface area is 194 Å². The fourth-order valence-corrected chi connectivity index (χ4v) is 4.49. The molecule has 0 unspecified atom stereocenters. The molecule has 0 amide bonds. The van der Waals surface area contributed by atoms with Crippen LogP contribution in [0.2, 0.25) is 0 Å². The maximum Gasteiger partial charge on any atom is 0.253 e. The van der Waals surface area contributed by atoms with E-state index >= 15 is 0 Å². The van der Waals surface area contributed by atoms with Crippen molar-refractivity contribution in [3.8, 4) is 0 Å². The number of aromatic nitrogens is 1. The monoisotopic (exact) mass is 449 g/mol. The van der Waals surface area contributed by atoms with Crippen LogP contribution >= 0.6 is 12.2 Å². The van der Waals surface area contributed by atoms with Gasteiger partial charge >= 0.3 is 0 Å². The van der Waals surface area contributed by atoms with Crippen molar-refractivity contribution in [3.05, 3.63) is 75.1 Å². The van der Waals surface area contributed by atoms with E-state index in [0.29, 0.717) is 23.8 Å². The van der Waals surface area contributed by atoms with Gasteiger partial charge in [-0.2, -0.15) is 0 Å². The zero-order chi connectivity index (χ0) is 22.7. The normalized spacial score (nSPS) is 15.8. The van der Waals surface area contributed by atoms with Gasteiger partial charge in [0.05, 0.1) is 12.6 Å². The summed E-state index contributed by atoms with van der Waals surface area (Å²) in [5.41, 5.74) is 6.07. The number of benzene rings is 2. The van der Waals surface area contributed by atoms with Gasteiger partial charge in [-0.3, -0.25) is 4.79 Å². The molecule has 0 bridgehead atoms. The largest absolute Gasteiger partial charge is 0.376 e. The van der Waals surface area contributed by atoms with Crippen molar-refractivity contribution in [1.29, 1.82) is 0 Å². The summed E-state index contributed by atoms with van der Waals surface area (Å²) in [6, 6.07) is 14.4. The number of aryl methyl sites for hydroxylation is 3. The summed E-state index contributed by atoms with van der Waals surface area (Å²) >= 11 is 5.81. The predicted molar refractivity (Wildman–Crippen MR) is 135 cm³/mol. The van der Waals surface area contributed by atoms with Crippen molar-refractivity contribution >= 4 is 33.9 Å². The van der Waals surface area contributed by atoms with Gasteiger partial charge in [-0.05, 0) is 86.1 Å². The number of hydrogen-bond donors (Lipinski definition) is 2. The molecule has 168 valence electrons. The van der Waals surface area contributed by atoms with Crippen molar-refractivity contribution < 1.29 is 4.74 Å². The predicted octanol–water partition coefficient (Wildman–Crippen LogP) is 5.09. The number of H-pyrrole nitrogens is 1. The van der Waals surface area contributed by atoms with Crippen LogP contribution in [0.3, 0.4) is 0 Å². The summed E-state index contributed by atoms with van der Waals surface area (Å²) in [6.45, 7) is 8.15. The van der Waals surface area contributed by atoms with Crippen molar-refractivity contribution in [1.82, 2.24) is 9.88 Å². The van der Waals surface area contributed by atoms with Crippen LogP contribution in [0.25, 0.3) is 10.9 Å². The van der Waals surface area contributed by atoms with Gasteiger partial charge in [-0.15, -0.1) is 0 Å². The summed E-state index contributed by atoms with van der Waals surface area (Å²) in [6.07, 6.45) is 3.16. The molecular formula is C26H31N3O2S. The SMILES string of the molecule is CCc1ccc2[nH]c(=O)c(CN(C[C@@H]3CCCO3)C(=S)Nc3ccc(C)cc3C)cc2c1. The molecule has 5 nitrogen and oxygen atoms in total. The highest BCUT2D eigenvalue weighted by atomic mass is 32.1. The molecule has 2 heterocycles. The van der Waals surface area contributed by atoms with E-state index in [2.05, 4.69) is 66.3 Å². The average molecular weight is 450 g/mol. The number of hydrogen-bond acceptors (Lipinski definition) is 3. The lowest BCUT2D eigenvalue weighted by molar-refractivity contribution is 0.0904. The van der Waals surface area contributed by atoms with Crippen molar-refractivity contribution in [2.24, 2.45) is 0 Å². The number of ether oxygens (including phenoxy) is 1. The fraction of sp³-hybridized carbons (Fsp3) is 0.385. The second kappa shape index (κ2) is 9.84. The Morgan fingerprint density at radius 2 is 2.06 bits per heavy atom. The number of nitrogens with zero attached hydrogens (tertiary/aromatic N) is 1. The zero-order valence-corrected chi connectivity index (χ0v) is 19.8. The third-order valence-corrected chi connectivity index (χ3v) is 6.47. The Morgan fingerprint density at radius 1 is 1.22 bits per heavy atom. The molecular weight excluding hydrogens is 418 g/mol.